The summed E-state index contributed by atoms with van der Waals surface area (Å²) >= 11 is 0. The zero-order chi connectivity index (χ0) is 16.9. The predicted molar refractivity (Wildman–Crippen MR) is 89.0 cm³/mol. The van der Waals surface area contributed by atoms with E-state index in [2.05, 4.69) is 10.3 Å². The summed E-state index contributed by atoms with van der Waals surface area (Å²) in [7, 11) is 3.55. The molecule has 1 aromatic carbocycles. The van der Waals surface area contributed by atoms with Crippen molar-refractivity contribution in [3.8, 4) is 5.75 Å². The third-order valence-electron chi connectivity index (χ3n) is 4.13. The zero-order valence-corrected chi connectivity index (χ0v) is 13.9. The summed E-state index contributed by atoms with van der Waals surface area (Å²) in [5.41, 5.74) is 0.951. The van der Waals surface area contributed by atoms with Crippen molar-refractivity contribution in [3.63, 3.8) is 0 Å². The maximum atomic E-state index is 12.6. The molecule has 2 amide bonds. The van der Waals surface area contributed by atoms with E-state index in [9.17, 15) is 4.79 Å². The van der Waals surface area contributed by atoms with Crippen molar-refractivity contribution in [1.29, 1.82) is 0 Å². The summed E-state index contributed by atoms with van der Waals surface area (Å²) in [4.78, 5) is 18.8. The third-order valence-corrected chi connectivity index (χ3v) is 4.13. The quantitative estimate of drug-likeness (QED) is 0.924. The molecule has 128 valence electrons. The van der Waals surface area contributed by atoms with Crippen LogP contribution in [0.2, 0.25) is 0 Å². The average molecular weight is 330 g/mol. The topological polar surface area (TPSA) is 68.6 Å². The van der Waals surface area contributed by atoms with Gasteiger partial charge in [-0.25, -0.2) is 9.78 Å². The number of hydrogen-bond acceptors (Lipinski definition) is 4. The molecule has 2 heterocycles. The van der Waals surface area contributed by atoms with E-state index in [0.29, 0.717) is 26.3 Å². The van der Waals surface area contributed by atoms with E-state index in [-0.39, 0.29) is 12.1 Å². The van der Waals surface area contributed by atoms with E-state index in [4.69, 9.17) is 9.47 Å². The van der Waals surface area contributed by atoms with E-state index in [0.717, 1.165) is 17.1 Å². The Morgan fingerprint density at radius 1 is 1.29 bits per heavy atom. The minimum Gasteiger partial charge on any atom is -0.497 e. The van der Waals surface area contributed by atoms with Crippen LogP contribution in [0.1, 0.15) is 17.4 Å². The van der Waals surface area contributed by atoms with E-state index in [1.807, 2.05) is 42.1 Å². The molecule has 24 heavy (non-hydrogen) atoms. The number of benzene rings is 1. The molecule has 0 aliphatic carbocycles. The number of hydrogen-bond donors (Lipinski definition) is 1. The molecule has 0 saturated carbocycles. The number of nitrogens with one attached hydrogen (secondary N) is 1. The fourth-order valence-electron chi connectivity index (χ4n) is 2.73. The number of methoxy groups -OCH3 is 1. The Labute approximate surface area is 141 Å². The molecule has 1 aromatic heterocycles. The van der Waals surface area contributed by atoms with Crippen LogP contribution in [0.5, 0.6) is 5.75 Å². The van der Waals surface area contributed by atoms with E-state index < -0.39 is 0 Å². The average Bonchev–Trinajstić information content (AvgIpc) is 3.06. The van der Waals surface area contributed by atoms with Gasteiger partial charge in [0.1, 0.15) is 17.6 Å². The molecular formula is C17H22N4O3. The lowest BCUT2D eigenvalue weighted by Crippen LogP contribution is -2.47. The second-order valence-electron chi connectivity index (χ2n) is 5.65. The fraction of sp³-hybridized carbons (Fsp3) is 0.412. The summed E-state index contributed by atoms with van der Waals surface area (Å²) in [5.74, 6) is 1.55. The molecular weight excluding hydrogens is 308 g/mol. The maximum Gasteiger partial charge on any atom is 0.318 e. The van der Waals surface area contributed by atoms with Crippen molar-refractivity contribution in [3.05, 3.63) is 48.0 Å². The molecule has 2 aromatic rings. The minimum atomic E-state index is -0.328. The number of carbonyl (C=O) groups is 1. The third kappa shape index (κ3) is 3.51. The Morgan fingerprint density at radius 3 is 2.58 bits per heavy atom. The van der Waals surface area contributed by atoms with Crippen molar-refractivity contribution in [2.24, 2.45) is 7.05 Å². The highest BCUT2D eigenvalue weighted by atomic mass is 16.5. The minimum absolute atomic E-state index is 0.109. The SMILES string of the molecule is COc1ccc([C@H](NC(=O)N2CCOCC2)c2nccn2C)cc1. The molecule has 1 saturated heterocycles. The lowest BCUT2D eigenvalue weighted by Gasteiger charge is -2.29. The molecule has 0 bridgehead atoms. The number of ether oxygens (including phenoxy) is 2. The molecule has 0 radical (unpaired) electrons. The Hall–Kier alpha value is -2.54. The van der Waals surface area contributed by atoms with Crippen LogP contribution in [0, 0.1) is 0 Å². The predicted octanol–water partition coefficient (Wildman–Crippen LogP) is 1.56. The van der Waals surface area contributed by atoms with E-state index in [1.165, 1.54) is 0 Å². The van der Waals surface area contributed by atoms with Gasteiger partial charge in [-0.1, -0.05) is 12.1 Å². The number of amides is 2. The van der Waals surface area contributed by atoms with Crippen molar-refractivity contribution < 1.29 is 14.3 Å². The summed E-state index contributed by atoms with van der Waals surface area (Å²) in [6.07, 6.45) is 3.60. The first-order valence-electron chi connectivity index (χ1n) is 7.93. The van der Waals surface area contributed by atoms with Crippen LogP contribution >= 0.6 is 0 Å². The van der Waals surface area contributed by atoms with Gasteiger partial charge in [-0.05, 0) is 17.7 Å². The van der Waals surface area contributed by atoms with Crippen LogP contribution < -0.4 is 10.1 Å². The van der Waals surface area contributed by atoms with E-state index in [1.54, 1.807) is 18.2 Å². The Morgan fingerprint density at radius 2 is 2.00 bits per heavy atom. The second-order valence-corrected chi connectivity index (χ2v) is 5.65. The van der Waals surface area contributed by atoms with Crippen molar-refractivity contribution in [2.45, 2.75) is 6.04 Å². The number of aryl methyl sites for hydroxylation is 1. The number of urea groups is 1. The molecule has 1 N–H and O–H groups in total. The monoisotopic (exact) mass is 330 g/mol. The number of aromatic nitrogens is 2. The standard InChI is InChI=1S/C17H22N4O3/c1-20-8-7-18-16(20)15(13-3-5-14(23-2)6-4-13)19-17(22)21-9-11-24-12-10-21/h3-8,15H,9-12H2,1-2H3,(H,19,22)/t15-/m0/s1. The van der Waals surface area contributed by atoms with Gasteiger partial charge in [0, 0.05) is 32.5 Å². The van der Waals surface area contributed by atoms with Crippen molar-refractivity contribution >= 4 is 6.03 Å². The second kappa shape index (κ2) is 7.35. The van der Waals surface area contributed by atoms with Gasteiger partial charge in [0.05, 0.1) is 20.3 Å². The first-order chi connectivity index (χ1) is 11.7. The van der Waals surface area contributed by atoms with Crippen LogP contribution in [0.25, 0.3) is 0 Å². The Balaban J connectivity index is 1.84. The van der Waals surface area contributed by atoms with Gasteiger partial charge in [0.2, 0.25) is 0 Å². The summed E-state index contributed by atoms with van der Waals surface area (Å²) < 4.78 is 12.4. The molecule has 1 fully saturated rings. The lowest BCUT2D eigenvalue weighted by atomic mass is 10.1. The molecule has 7 heteroatoms. The van der Waals surface area contributed by atoms with Crippen molar-refractivity contribution in [1.82, 2.24) is 19.8 Å². The highest BCUT2D eigenvalue weighted by molar-refractivity contribution is 5.75. The molecule has 1 atom stereocenters. The number of nitrogens with zero attached hydrogens (tertiary/aromatic N) is 3. The molecule has 0 spiro atoms. The first kappa shape index (κ1) is 16.3. The normalized spacial score (nSPS) is 15.8. The molecule has 3 rings (SSSR count). The molecule has 1 aliphatic heterocycles. The summed E-state index contributed by atoms with van der Waals surface area (Å²) in [6.45, 7) is 2.34. The molecule has 1 aliphatic rings. The van der Waals surface area contributed by atoms with Crippen LogP contribution in [-0.2, 0) is 11.8 Å². The number of rotatable bonds is 4. The zero-order valence-electron chi connectivity index (χ0n) is 13.9. The van der Waals surface area contributed by atoms with Gasteiger partial charge in [0.15, 0.2) is 0 Å². The van der Waals surface area contributed by atoms with Crippen LogP contribution in [0.3, 0.4) is 0 Å². The van der Waals surface area contributed by atoms with Crippen LogP contribution in [0.15, 0.2) is 36.7 Å². The van der Waals surface area contributed by atoms with Gasteiger partial charge in [0.25, 0.3) is 0 Å². The van der Waals surface area contributed by atoms with Crippen molar-refractivity contribution in [2.75, 3.05) is 33.4 Å². The lowest BCUT2D eigenvalue weighted by molar-refractivity contribution is 0.0527. The Bertz CT molecular complexity index is 677. The highest BCUT2D eigenvalue weighted by Gasteiger charge is 2.24. The Kier molecular flexibility index (Phi) is 5.00. The maximum absolute atomic E-state index is 12.6. The van der Waals surface area contributed by atoms with Gasteiger partial charge >= 0.3 is 6.03 Å². The van der Waals surface area contributed by atoms with Gasteiger partial charge < -0.3 is 24.3 Å². The summed E-state index contributed by atoms with van der Waals surface area (Å²) in [5, 5.41) is 3.09. The fourth-order valence-corrected chi connectivity index (χ4v) is 2.73. The van der Waals surface area contributed by atoms with Gasteiger partial charge in [-0.3, -0.25) is 0 Å². The van der Waals surface area contributed by atoms with E-state index >= 15 is 0 Å². The smallest absolute Gasteiger partial charge is 0.318 e. The highest BCUT2D eigenvalue weighted by Crippen LogP contribution is 2.23. The summed E-state index contributed by atoms with van der Waals surface area (Å²) in [6, 6.07) is 7.21. The van der Waals surface area contributed by atoms with Crippen LogP contribution in [-0.4, -0.2) is 53.9 Å². The number of morpholine rings is 1. The van der Waals surface area contributed by atoms with Gasteiger partial charge in [-0.15, -0.1) is 0 Å². The van der Waals surface area contributed by atoms with Crippen LogP contribution in [0.4, 0.5) is 4.79 Å². The number of imidazole rings is 1. The largest absolute Gasteiger partial charge is 0.497 e. The number of carbonyl (C=O) groups excluding carboxylic acids is 1. The first-order valence-corrected chi connectivity index (χ1v) is 7.93. The molecule has 7 nitrogen and oxygen atoms in total. The van der Waals surface area contributed by atoms with Gasteiger partial charge in [-0.2, -0.15) is 0 Å². The molecule has 0 unspecified atom stereocenters.